The number of esters is 1. The number of hydrogen-bond acceptors (Lipinski definition) is 6. The molecule has 27 heavy (non-hydrogen) atoms. The first-order valence-corrected chi connectivity index (χ1v) is 8.95. The van der Waals surface area contributed by atoms with Crippen LogP contribution in [-0.2, 0) is 24.2 Å². The molecule has 3 aromatic rings. The highest BCUT2D eigenvalue weighted by molar-refractivity contribution is 5.89. The molecule has 1 aromatic carbocycles. The standard InChI is InChI=1S/C19H19FN4O3/c1-12-21-17(27-23-12)11-26-19(25)18-15-5-3-2-4-6-16(15)24(22-18)14-9-7-13(20)8-10-14/h7-10H,2-6,11H2,1H3. The van der Waals surface area contributed by atoms with Crippen LogP contribution in [0.4, 0.5) is 4.39 Å². The molecule has 2 heterocycles. The lowest BCUT2D eigenvalue weighted by Gasteiger charge is -2.07. The van der Waals surface area contributed by atoms with E-state index in [-0.39, 0.29) is 18.3 Å². The van der Waals surface area contributed by atoms with Gasteiger partial charge in [0.25, 0.3) is 5.89 Å². The lowest BCUT2D eigenvalue weighted by Crippen LogP contribution is -2.09. The van der Waals surface area contributed by atoms with E-state index in [9.17, 15) is 9.18 Å². The molecule has 7 nitrogen and oxygen atoms in total. The molecule has 0 unspecified atom stereocenters. The quantitative estimate of drug-likeness (QED) is 0.517. The molecule has 4 rings (SSSR count). The van der Waals surface area contributed by atoms with Crippen molar-refractivity contribution in [3.05, 3.63) is 58.7 Å². The third-order valence-electron chi connectivity index (χ3n) is 4.59. The third kappa shape index (κ3) is 3.60. The first-order chi connectivity index (χ1) is 13.1. The van der Waals surface area contributed by atoms with Crippen LogP contribution in [0.25, 0.3) is 5.69 Å². The number of ether oxygens (including phenoxy) is 1. The zero-order chi connectivity index (χ0) is 18.8. The summed E-state index contributed by atoms with van der Waals surface area (Å²) in [4.78, 5) is 16.7. The minimum atomic E-state index is -0.523. The van der Waals surface area contributed by atoms with Crippen molar-refractivity contribution in [1.29, 1.82) is 0 Å². The second-order valence-electron chi connectivity index (χ2n) is 6.53. The highest BCUT2D eigenvalue weighted by Gasteiger charge is 2.26. The molecule has 8 heteroatoms. The molecular weight excluding hydrogens is 351 g/mol. The number of aryl methyl sites for hydroxylation is 1. The molecule has 0 fully saturated rings. The zero-order valence-electron chi connectivity index (χ0n) is 14.9. The fourth-order valence-corrected chi connectivity index (χ4v) is 3.33. The maximum absolute atomic E-state index is 13.3. The maximum atomic E-state index is 13.3. The second-order valence-corrected chi connectivity index (χ2v) is 6.53. The Balaban J connectivity index is 1.65. The number of carbonyl (C=O) groups excluding carboxylic acids is 1. The van der Waals surface area contributed by atoms with Gasteiger partial charge in [-0.15, -0.1) is 0 Å². The van der Waals surface area contributed by atoms with Crippen LogP contribution < -0.4 is 0 Å². The van der Waals surface area contributed by atoms with Crippen molar-refractivity contribution in [3.63, 3.8) is 0 Å². The minimum Gasteiger partial charge on any atom is -0.451 e. The summed E-state index contributed by atoms with van der Waals surface area (Å²) in [6, 6.07) is 6.08. The van der Waals surface area contributed by atoms with E-state index in [2.05, 4.69) is 15.2 Å². The molecule has 1 aliphatic carbocycles. The van der Waals surface area contributed by atoms with Crippen LogP contribution in [0.2, 0.25) is 0 Å². The first-order valence-electron chi connectivity index (χ1n) is 8.95. The normalized spacial score (nSPS) is 13.9. The Labute approximate surface area is 155 Å². The van der Waals surface area contributed by atoms with Crippen LogP contribution in [0.1, 0.15) is 52.7 Å². The average Bonchev–Trinajstić information content (AvgIpc) is 3.15. The molecular formula is C19H19FN4O3. The maximum Gasteiger partial charge on any atom is 0.359 e. The number of rotatable bonds is 4. The number of hydrogen-bond donors (Lipinski definition) is 0. The summed E-state index contributed by atoms with van der Waals surface area (Å²) in [7, 11) is 0. The van der Waals surface area contributed by atoms with E-state index in [1.54, 1.807) is 23.7 Å². The molecule has 140 valence electrons. The van der Waals surface area contributed by atoms with Gasteiger partial charge in [0.2, 0.25) is 0 Å². The number of aromatic nitrogens is 4. The molecule has 1 aliphatic rings. The van der Waals surface area contributed by atoms with Crippen molar-refractivity contribution in [3.8, 4) is 5.69 Å². The molecule has 0 spiro atoms. The summed E-state index contributed by atoms with van der Waals surface area (Å²) < 4.78 is 25.3. The summed E-state index contributed by atoms with van der Waals surface area (Å²) in [5, 5.41) is 8.18. The number of halogens is 1. The van der Waals surface area contributed by atoms with Gasteiger partial charge in [0.15, 0.2) is 18.1 Å². The average molecular weight is 370 g/mol. The molecule has 0 saturated heterocycles. The SMILES string of the molecule is Cc1noc(COC(=O)c2nn(-c3ccc(F)cc3)c3c2CCCCC3)n1. The van der Waals surface area contributed by atoms with Crippen molar-refractivity contribution < 1.29 is 18.4 Å². The van der Waals surface area contributed by atoms with Crippen LogP contribution in [-0.4, -0.2) is 25.9 Å². The van der Waals surface area contributed by atoms with Crippen molar-refractivity contribution in [2.75, 3.05) is 0 Å². The van der Waals surface area contributed by atoms with Gasteiger partial charge in [-0.25, -0.2) is 13.9 Å². The van der Waals surface area contributed by atoms with Gasteiger partial charge < -0.3 is 9.26 Å². The molecule has 0 N–H and O–H groups in total. The lowest BCUT2D eigenvalue weighted by atomic mass is 10.1. The fourth-order valence-electron chi connectivity index (χ4n) is 3.33. The summed E-state index contributed by atoms with van der Waals surface area (Å²) in [5.74, 6) is -0.114. The predicted octanol–water partition coefficient (Wildman–Crippen LogP) is 3.33. The van der Waals surface area contributed by atoms with E-state index < -0.39 is 5.97 Å². The van der Waals surface area contributed by atoms with E-state index in [1.807, 2.05) is 0 Å². The number of nitrogens with zero attached hydrogens (tertiary/aromatic N) is 4. The number of carbonyl (C=O) groups is 1. The summed E-state index contributed by atoms with van der Waals surface area (Å²) in [5.41, 5.74) is 2.91. The van der Waals surface area contributed by atoms with E-state index in [1.165, 1.54) is 12.1 Å². The van der Waals surface area contributed by atoms with Gasteiger partial charge >= 0.3 is 5.97 Å². The summed E-state index contributed by atoms with van der Waals surface area (Å²) >= 11 is 0. The van der Waals surface area contributed by atoms with Gasteiger partial charge in [0, 0.05) is 11.3 Å². The minimum absolute atomic E-state index is 0.0994. The Kier molecular flexibility index (Phi) is 4.70. The smallest absolute Gasteiger partial charge is 0.359 e. The van der Waals surface area contributed by atoms with E-state index in [4.69, 9.17) is 9.26 Å². The highest BCUT2D eigenvalue weighted by atomic mass is 19.1. The zero-order valence-corrected chi connectivity index (χ0v) is 14.9. The van der Waals surface area contributed by atoms with Crippen molar-refractivity contribution in [2.45, 2.75) is 45.6 Å². The van der Waals surface area contributed by atoms with Gasteiger partial charge in [0.1, 0.15) is 5.82 Å². The topological polar surface area (TPSA) is 83.0 Å². The largest absolute Gasteiger partial charge is 0.451 e. The summed E-state index contributed by atoms with van der Waals surface area (Å²) in [6.07, 6.45) is 4.69. The predicted molar refractivity (Wildman–Crippen MR) is 92.9 cm³/mol. The Bertz CT molecular complexity index is 962. The first kappa shape index (κ1) is 17.4. The molecule has 0 amide bonds. The van der Waals surface area contributed by atoms with Gasteiger partial charge in [-0.2, -0.15) is 10.1 Å². The van der Waals surface area contributed by atoms with Crippen molar-refractivity contribution in [1.82, 2.24) is 19.9 Å². The van der Waals surface area contributed by atoms with E-state index >= 15 is 0 Å². The number of benzene rings is 1. The van der Waals surface area contributed by atoms with Crippen LogP contribution in [0.5, 0.6) is 0 Å². The fraction of sp³-hybridized carbons (Fsp3) is 0.368. The van der Waals surface area contributed by atoms with Crippen molar-refractivity contribution >= 4 is 5.97 Å². The Hall–Kier alpha value is -3.03. The van der Waals surface area contributed by atoms with E-state index in [0.29, 0.717) is 11.5 Å². The monoisotopic (exact) mass is 370 g/mol. The van der Waals surface area contributed by atoms with E-state index in [0.717, 1.165) is 49.0 Å². The Morgan fingerprint density at radius 2 is 2.00 bits per heavy atom. The van der Waals surface area contributed by atoms with Crippen LogP contribution in [0.15, 0.2) is 28.8 Å². The van der Waals surface area contributed by atoms with Crippen LogP contribution >= 0.6 is 0 Å². The number of fused-ring (bicyclic) bond motifs is 1. The molecule has 0 radical (unpaired) electrons. The summed E-state index contributed by atoms with van der Waals surface area (Å²) in [6.45, 7) is 1.59. The molecule has 0 saturated carbocycles. The lowest BCUT2D eigenvalue weighted by molar-refractivity contribution is 0.0421. The van der Waals surface area contributed by atoms with Gasteiger partial charge in [0.05, 0.1) is 5.69 Å². The van der Waals surface area contributed by atoms with Gasteiger partial charge in [-0.1, -0.05) is 11.6 Å². The van der Waals surface area contributed by atoms with Gasteiger partial charge in [-0.05, 0) is 56.9 Å². The molecule has 0 bridgehead atoms. The molecule has 2 aromatic heterocycles. The van der Waals surface area contributed by atoms with Gasteiger partial charge in [-0.3, -0.25) is 0 Å². The second kappa shape index (κ2) is 7.30. The van der Waals surface area contributed by atoms with Crippen LogP contribution in [0.3, 0.4) is 0 Å². The van der Waals surface area contributed by atoms with Crippen LogP contribution in [0, 0.1) is 12.7 Å². The third-order valence-corrected chi connectivity index (χ3v) is 4.59. The van der Waals surface area contributed by atoms with Crippen molar-refractivity contribution in [2.24, 2.45) is 0 Å². The highest BCUT2D eigenvalue weighted by Crippen LogP contribution is 2.27. The Morgan fingerprint density at radius 1 is 1.22 bits per heavy atom. The molecule has 0 aliphatic heterocycles. The molecule has 0 atom stereocenters. The Morgan fingerprint density at radius 3 is 2.74 bits per heavy atom.